The molecule has 4 aliphatic rings. The van der Waals surface area contributed by atoms with E-state index < -0.39 is 46.6 Å². The van der Waals surface area contributed by atoms with Crippen LogP contribution in [0.3, 0.4) is 0 Å². The molecule has 0 heterocycles. The highest BCUT2D eigenvalue weighted by Crippen LogP contribution is 2.63. The van der Waals surface area contributed by atoms with Crippen molar-refractivity contribution in [3.63, 3.8) is 0 Å². The van der Waals surface area contributed by atoms with Gasteiger partial charge in [0.2, 0.25) is 0 Å². The van der Waals surface area contributed by atoms with Crippen LogP contribution in [-0.4, -0.2) is 67.0 Å². The van der Waals surface area contributed by atoms with E-state index in [9.17, 15) is 30.0 Å². The fraction of sp³-hybridized carbons (Fsp3) is 0.875. The van der Waals surface area contributed by atoms with Gasteiger partial charge < -0.3 is 29.9 Å². The molecule has 136 valence electrons. The second kappa shape index (κ2) is 5.14. The molecule has 4 N–H and O–H groups in total. The Morgan fingerprint density at radius 3 is 1.38 bits per heavy atom. The molecule has 4 aliphatic carbocycles. The quantitative estimate of drug-likeness (QED) is 0.485. The van der Waals surface area contributed by atoms with Gasteiger partial charge in [-0.15, -0.1) is 0 Å². The van der Waals surface area contributed by atoms with Crippen molar-refractivity contribution in [1.82, 2.24) is 0 Å². The van der Waals surface area contributed by atoms with E-state index in [1.807, 2.05) is 0 Å². The lowest BCUT2D eigenvalue weighted by Crippen LogP contribution is -2.73. The van der Waals surface area contributed by atoms with Crippen LogP contribution < -0.4 is 0 Å². The predicted molar refractivity (Wildman–Crippen MR) is 78.6 cm³/mol. The van der Waals surface area contributed by atoms with E-state index in [0.717, 1.165) is 0 Å². The first-order valence-electron chi connectivity index (χ1n) is 8.16. The summed E-state index contributed by atoms with van der Waals surface area (Å²) in [4.78, 5) is 23.8. The number of carbonyl (C=O) groups excluding carboxylic acids is 2. The standard InChI is InChI=1S/C16H24O8/c1-9(17)11(19)23-15-4-13(21)3-14(22,5-15)7-16(6-13,8-15)24-12(20)10(2)18/h9-10,17-18,21-22H,3-8H2,1-2H3. The molecule has 0 aromatic rings. The summed E-state index contributed by atoms with van der Waals surface area (Å²) in [6, 6.07) is 0. The van der Waals surface area contributed by atoms with Crippen molar-refractivity contribution in [3.8, 4) is 0 Å². The summed E-state index contributed by atoms with van der Waals surface area (Å²) in [5.74, 6) is -1.69. The van der Waals surface area contributed by atoms with Crippen LogP contribution in [0.4, 0.5) is 0 Å². The maximum atomic E-state index is 11.9. The number of rotatable bonds is 4. The molecule has 4 fully saturated rings. The van der Waals surface area contributed by atoms with Crippen LogP contribution in [-0.2, 0) is 19.1 Å². The highest BCUT2D eigenvalue weighted by Gasteiger charge is 2.71. The van der Waals surface area contributed by atoms with Crippen LogP contribution >= 0.6 is 0 Å². The minimum Gasteiger partial charge on any atom is -0.457 e. The molecule has 0 aromatic heterocycles. The molecule has 0 aromatic carbocycles. The molecule has 4 saturated carbocycles. The average molecular weight is 344 g/mol. The van der Waals surface area contributed by atoms with Gasteiger partial charge in [-0.1, -0.05) is 0 Å². The summed E-state index contributed by atoms with van der Waals surface area (Å²) in [6.07, 6.45) is -1.95. The van der Waals surface area contributed by atoms with Crippen molar-refractivity contribution in [2.45, 2.75) is 87.0 Å². The van der Waals surface area contributed by atoms with Crippen molar-refractivity contribution in [3.05, 3.63) is 0 Å². The summed E-state index contributed by atoms with van der Waals surface area (Å²) >= 11 is 0. The largest absolute Gasteiger partial charge is 0.457 e. The number of carbonyl (C=O) groups is 2. The molecule has 0 aliphatic heterocycles. The topological polar surface area (TPSA) is 134 Å². The van der Waals surface area contributed by atoms with Crippen molar-refractivity contribution in [2.75, 3.05) is 0 Å². The van der Waals surface area contributed by atoms with E-state index in [1.54, 1.807) is 0 Å². The minimum atomic E-state index is -1.33. The second-order valence-electron chi connectivity index (χ2n) is 8.07. The Morgan fingerprint density at radius 2 is 1.08 bits per heavy atom. The molecule has 0 saturated heterocycles. The number of aliphatic hydroxyl groups is 4. The van der Waals surface area contributed by atoms with Gasteiger partial charge in [0.1, 0.15) is 23.4 Å². The van der Waals surface area contributed by atoms with Crippen LogP contribution in [0.5, 0.6) is 0 Å². The SMILES string of the molecule is CC(O)C(=O)OC12CC3(O)CC(O)(C1)CC(OC(=O)C(C)O)(C3)C2. The number of hydrogen-bond donors (Lipinski definition) is 4. The Balaban J connectivity index is 1.93. The average Bonchev–Trinajstić information content (AvgIpc) is 2.32. The third-order valence-corrected chi connectivity index (χ3v) is 5.22. The smallest absolute Gasteiger partial charge is 0.335 e. The lowest BCUT2D eigenvalue weighted by molar-refractivity contribution is -0.306. The lowest BCUT2D eigenvalue weighted by atomic mass is 9.48. The van der Waals surface area contributed by atoms with Gasteiger partial charge in [-0.3, -0.25) is 0 Å². The van der Waals surface area contributed by atoms with Gasteiger partial charge >= 0.3 is 11.9 Å². The van der Waals surface area contributed by atoms with Gasteiger partial charge in [-0.2, -0.15) is 0 Å². The molecule has 0 amide bonds. The van der Waals surface area contributed by atoms with Gasteiger partial charge in [0.25, 0.3) is 0 Å². The fourth-order valence-corrected chi connectivity index (χ4v) is 5.16. The normalized spacial score (nSPS) is 45.6. The molecule has 24 heavy (non-hydrogen) atoms. The van der Waals surface area contributed by atoms with Gasteiger partial charge in [-0.25, -0.2) is 9.59 Å². The Morgan fingerprint density at radius 1 is 0.750 bits per heavy atom. The first kappa shape index (κ1) is 17.6. The van der Waals surface area contributed by atoms with Gasteiger partial charge in [0.15, 0.2) is 0 Å². The Bertz CT molecular complexity index is 506. The summed E-state index contributed by atoms with van der Waals surface area (Å²) in [5, 5.41) is 40.5. The zero-order chi connectivity index (χ0) is 18.0. The van der Waals surface area contributed by atoms with Crippen LogP contribution in [0.15, 0.2) is 0 Å². The lowest BCUT2D eigenvalue weighted by Gasteiger charge is -2.65. The zero-order valence-corrected chi connectivity index (χ0v) is 13.8. The van der Waals surface area contributed by atoms with E-state index in [0.29, 0.717) is 0 Å². The summed E-state index contributed by atoms with van der Waals surface area (Å²) in [6.45, 7) is 2.55. The molecular weight excluding hydrogens is 320 g/mol. The van der Waals surface area contributed by atoms with E-state index in [-0.39, 0.29) is 38.5 Å². The predicted octanol–water partition coefficient (Wildman–Crippen LogP) is -0.844. The van der Waals surface area contributed by atoms with Gasteiger partial charge in [-0.05, 0) is 13.8 Å². The van der Waals surface area contributed by atoms with Crippen LogP contribution in [0.25, 0.3) is 0 Å². The van der Waals surface area contributed by atoms with E-state index in [4.69, 9.17) is 9.47 Å². The number of esters is 2. The maximum absolute atomic E-state index is 11.9. The van der Waals surface area contributed by atoms with Crippen LogP contribution in [0.2, 0.25) is 0 Å². The maximum Gasteiger partial charge on any atom is 0.335 e. The highest BCUT2D eigenvalue weighted by atomic mass is 16.6. The number of ether oxygens (including phenoxy) is 2. The Labute approximate surface area is 139 Å². The molecule has 2 unspecified atom stereocenters. The Hall–Kier alpha value is -1.22. The van der Waals surface area contributed by atoms with Crippen LogP contribution in [0.1, 0.15) is 52.4 Å². The summed E-state index contributed by atoms with van der Waals surface area (Å²) < 4.78 is 10.9. The number of hydrogen-bond acceptors (Lipinski definition) is 8. The summed E-state index contributed by atoms with van der Waals surface area (Å²) in [5.41, 5.74) is -5.07. The third-order valence-electron chi connectivity index (χ3n) is 5.22. The van der Waals surface area contributed by atoms with Gasteiger partial charge in [0, 0.05) is 38.5 Å². The van der Waals surface area contributed by atoms with Crippen molar-refractivity contribution in [1.29, 1.82) is 0 Å². The molecule has 8 heteroatoms. The van der Waals surface area contributed by atoms with E-state index >= 15 is 0 Å². The first-order valence-corrected chi connectivity index (χ1v) is 8.16. The minimum absolute atomic E-state index is 0.113. The van der Waals surface area contributed by atoms with E-state index in [2.05, 4.69) is 0 Å². The fourth-order valence-electron chi connectivity index (χ4n) is 5.16. The Kier molecular flexibility index (Phi) is 3.77. The molecule has 0 radical (unpaired) electrons. The summed E-state index contributed by atoms with van der Waals surface area (Å²) in [7, 11) is 0. The molecule has 2 atom stereocenters. The van der Waals surface area contributed by atoms with Crippen molar-refractivity contribution in [2.24, 2.45) is 0 Å². The number of aliphatic hydroxyl groups excluding tert-OH is 2. The first-order chi connectivity index (χ1) is 10.9. The monoisotopic (exact) mass is 344 g/mol. The zero-order valence-electron chi connectivity index (χ0n) is 13.8. The molecule has 8 nitrogen and oxygen atoms in total. The molecule has 0 spiro atoms. The van der Waals surface area contributed by atoms with Crippen LogP contribution in [0, 0.1) is 0 Å². The second-order valence-corrected chi connectivity index (χ2v) is 8.07. The van der Waals surface area contributed by atoms with E-state index in [1.165, 1.54) is 13.8 Å². The van der Waals surface area contributed by atoms with Gasteiger partial charge in [0.05, 0.1) is 11.2 Å². The third kappa shape index (κ3) is 2.92. The molecule has 4 bridgehead atoms. The van der Waals surface area contributed by atoms with Crippen molar-refractivity contribution < 1.29 is 39.5 Å². The molecule has 4 rings (SSSR count). The highest BCUT2D eigenvalue weighted by molar-refractivity contribution is 5.75. The molecular formula is C16H24O8. The van der Waals surface area contributed by atoms with Crippen molar-refractivity contribution >= 4 is 11.9 Å².